The second-order valence-corrected chi connectivity index (χ2v) is 10.5. The number of hydrogen-bond donors (Lipinski definition) is 3. The molecule has 0 bridgehead atoms. The molecule has 3 amide bonds. The molecule has 4 rings (SSSR count). The summed E-state index contributed by atoms with van der Waals surface area (Å²) in [5.74, 6) is 1.09. The predicted molar refractivity (Wildman–Crippen MR) is 170 cm³/mol. The molecule has 0 unspecified atom stereocenters. The van der Waals surface area contributed by atoms with Gasteiger partial charge >= 0.3 is 6.03 Å². The van der Waals surface area contributed by atoms with Gasteiger partial charge in [0.15, 0.2) is 0 Å². The molecule has 0 radical (unpaired) electrons. The highest BCUT2D eigenvalue weighted by molar-refractivity contribution is 6.04. The van der Waals surface area contributed by atoms with Gasteiger partial charge in [-0.25, -0.2) is 4.79 Å². The Hall–Kier alpha value is -4.24. The van der Waals surface area contributed by atoms with Crippen molar-refractivity contribution < 1.29 is 19.1 Å². The van der Waals surface area contributed by atoms with E-state index in [-0.39, 0.29) is 11.9 Å². The Labute approximate surface area is 249 Å². The summed E-state index contributed by atoms with van der Waals surface area (Å²) in [6, 6.07) is 21.0. The van der Waals surface area contributed by atoms with Crippen molar-refractivity contribution in [3.63, 3.8) is 0 Å². The lowest BCUT2D eigenvalue weighted by atomic mass is 10.0. The molecule has 1 fully saturated rings. The van der Waals surface area contributed by atoms with Gasteiger partial charge in [-0.05, 0) is 67.3 Å². The third-order valence-corrected chi connectivity index (χ3v) is 7.34. The van der Waals surface area contributed by atoms with Crippen molar-refractivity contribution in [2.45, 2.75) is 33.1 Å². The Morgan fingerprint density at radius 1 is 0.857 bits per heavy atom. The van der Waals surface area contributed by atoms with Crippen LogP contribution in [0, 0.1) is 0 Å². The van der Waals surface area contributed by atoms with Crippen molar-refractivity contribution >= 4 is 34.7 Å². The van der Waals surface area contributed by atoms with Crippen LogP contribution in [0.4, 0.5) is 27.5 Å². The zero-order chi connectivity index (χ0) is 29.9. The molecule has 0 spiro atoms. The van der Waals surface area contributed by atoms with E-state index in [9.17, 15) is 9.59 Å². The van der Waals surface area contributed by atoms with Crippen molar-refractivity contribution in [2.24, 2.45) is 0 Å². The van der Waals surface area contributed by atoms with Crippen molar-refractivity contribution in [3.05, 3.63) is 77.9 Å². The number of hydrogen-bond acceptors (Lipinski definition) is 6. The number of piperazine rings is 1. The van der Waals surface area contributed by atoms with Crippen LogP contribution in [0.2, 0.25) is 0 Å². The maximum atomic E-state index is 13.4. The van der Waals surface area contributed by atoms with Gasteiger partial charge in [-0.3, -0.25) is 4.79 Å². The number of nitrogens with one attached hydrogen (secondary N) is 3. The van der Waals surface area contributed by atoms with Gasteiger partial charge < -0.3 is 35.2 Å². The number of para-hydroxylation sites is 2. The highest BCUT2D eigenvalue weighted by Crippen LogP contribution is 2.31. The monoisotopic (exact) mass is 573 g/mol. The van der Waals surface area contributed by atoms with Crippen LogP contribution in [0.25, 0.3) is 0 Å². The standard InChI is InChI=1S/C33H43N5O4/c1-5-42-22-8-17-34-32(39)28-23-27(36-33(40)35-26-13-11-25(12-14-26)24(2)3)15-16-29(28)37-18-20-38(21-19-37)30-9-6-7-10-31(30)41-4/h6-7,9-16,23-24H,5,8,17-22H2,1-4H3,(H,34,39)(H2,35,36,40). The lowest BCUT2D eigenvalue weighted by molar-refractivity contribution is 0.0944. The highest BCUT2D eigenvalue weighted by Gasteiger charge is 2.24. The Balaban J connectivity index is 1.47. The van der Waals surface area contributed by atoms with Gasteiger partial charge in [0.1, 0.15) is 5.75 Å². The molecule has 9 nitrogen and oxygen atoms in total. The van der Waals surface area contributed by atoms with Crippen LogP contribution in [0.5, 0.6) is 5.75 Å². The third kappa shape index (κ3) is 8.16. The van der Waals surface area contributed by atoms with Crippen molar-refractivity contribution in [3.8, 4) is 5.75 Å². The summed E-state index contributed by atoms with van der Waals surface area (Å²) in [4.78, 5) is 30.7. The van der Waals surface area contributed by atoms with Gasteiger partial charge in [0.25, 0.3) is 5.91 Å². The fraction of sp³-hybridized carbons (Fsp3) is 0.394. The van der Waals surface area contributed by atoms with Crippen LogP contribution < -0.4 is 30.5 Å². The largest absolute Gasteiger partial charge is 0.495 e. The Kier molecular flexibility index (Phi) is 11.1. The number of carbonyl (C=O) groups excluding carboxylic acids is 2. The molecule has 0 saturated carbocycles. The molecule has 3 aromatic carbocycles. The molecule has 0 atom stereocenters. The Bertz CT molecular complexity index is 1320. The minimum atomic E-state index is -0.367. The maximum Gasteiger partial charge on any atom is 0.323 e. The first-order valence-corrected chi connectivity index (χ1v) is 14.7. The fourth-order valence-corrected chi connectivity index (χ4v) is 5.01. The average Bonchev–Trinajstić information content (AvgIpc) is 3.01. The van der Waals surface area contributed by atoms with Gasteiger partial charge in [-0.2, -0.15) is 0 Å². The second kappa shape index (κ2) is 15.1. The van der Waals surface area contributed by atoms with Gasteiger partial charge in [0.2, 0.25) is 0 Å². The van der Waals surface area contributed by atoms with Gasteiger partial charge in [-0.15, -0.1) is 0 Å². The summed E-state index contributed by atoms with van der Waals surface area (Å²) >= 11 is 0. The zero-order valence-corrected chi connectivity index (χ0v) is 25.1. The summed E-state index contributed by atoms with van der Waals surface area (Å²) in [5, 5.41) is 8.78. The molecule has 3 aromatic rings. The number of amides is 3. The molecule has 1 saturated heterocycles. The Morgan fingerprint density at radius 2 is 1.50 bits per heavy atom. The number of urea groups is 1. The second-order valence-electron chi connectivity index (χ2n) is 10.5. The molecular formula is C33H43N5O4. The van der Waals surface area contributed by atoms with Crippen LogP contribution in [-0.2, 0) is 4.74 Å². The van der Waals surface area contributed by atoms with Crippen molar-refractivity contribution in [2.75, 3.05) is 73.5 Å². The van der Waals surface area contributed by atoms with E-state index in [1.54, 1.807) is 13.2 Å². The summed E-state index contributed by atoms with van der Waals surface area (Å²) in [6.07, 6.45) is 0.725. The van der Waals surface area contributed by atoms with E-state index in [1.165, 1.54) is 5.56 Å². The number of carbonyl (C=O) groups is 2. The molecule has 9 heteroatoms. The topological polar surface area (TPSA) is 95.2 Å². The quantitative estimate of drug-likeness (QED) is 0.232. The smallest absolute Gasteiger partial charge is 0.323 e. The summed E-state index contributed by atoms with van der Waals surface area (Å²) in [6.45, 7) is 11.0. The first kappa shape index (κ1) is 30.7. The first-order chi connectivity index (χ1) is 20.4. The molecular weight excluding hydrogens is 530 g/mol. The highest BCUT2D eigenvalue weighted by atomic mass is 16.5. The van der Waals surface area contributed by atoms with Gasteiger partial charge in [0.05, 0.1) is 18.4 Å². The first-order valence-electron chi connectivity index (χ1n) is 14.7. The lowest BCUT2D eigenvalue weighted by Gasteiger charge is -2.38. The SMILES string of the molecule is CCOCCCNC(=O)c1cc(NC(=O)Nc2ccc(C(C)C)cc2)ccc1N1CCN(c2ccccc2OC)CC1. The average molecular weight is 574 g/mol. The summed E-state index contributed by atoms with van der Waals surface area (Å²) in [7, 11) is 1.69. The molecule has 1 heterocycles. The molecule has 0 aromatic heterocycles. The lowest BCUT2D eigenvalue weighted by Crippen LogP contribution is -2.47. The minimum Gasteiger partial charge on any atom is -0.495 e. The van der Waals surface area contributed by atoms with E-state index < -0.39 is 0 Å². The fourth-order valence-electron chi connectivity index (χ4n) is 5.01. The molecule has 0 aliphatic carbocycles. The molecule has 3 N–H and O–H groups in total. The van der Waals surface area contributed by atoms with Crippen molar-refractivity contribution in [1.82, 2.24) is 5.32 Å². The number of anilines is 4. The minimum absolute atomic E-state index is 0.179. The maximum absolute atomic E-state index is 13.4. The number of rotatable bonds is 12. The molecule has 42 heavy (non-hydrogen) atoms. The van der Waals surface area contributed by atoms with E-state index in [0.29, 0.717) is 42.6 Å². The zero-order valence-electron chi connectivity index (χ0n) is 25.1. The third-order valence-electron chi connectivity index (χ3n) is 7.34. The van der Waals surface area contributed by atoms with Crippen LogP contribution in [0.3, 0.4) is 0 Å². The number of ether oxygens (including phenoxy) is 2. The van der Waals surface area contributed by atoms with E-state index in [2.05, 4.69) is 45.7 Å². The number of nitrogens with zero attached hydrogens (tertiary/aromatic N) is 2. The molecule has 1 aliphatic rings. The van der Waals surface area contributed by atoms with Gasteiger partial charge in [0, 0.05) is 63.0 Å². The Morgan fingerprint density at radius 3 is 2.17 bits per heavy atom. The van der Waals surface area contributed by atoms with E-state index in [1.807, 2.05) is 61.5 Å². The van der Waals surface area contributed by atoms with Crippen LogP contribution in [0.1, 0.15) is 49.0 Å². The van der Waals surface area contributed by atoms with Crippen LogP contribution in [-0.4, -0.2) is 65.0 Å². The van der Waals surface area contributed by atoms with Crippen LogP contribution >= 0.6 is 0 Å². The molecule has 224 valence electrons. The van der Waals surface area contributed by atoms with Gasteiger partial charge in [-0.1, -0.05) is 38.1 Å². The van der Waals surface area contributed by atoms with E-state index in [4.69, 9.17) is 9.47 Å². The van der Waals surface area contributed by atoms with E-state index in [0.717, 1.165) is 49.7 Å². The van der Waals surface area contributed by atoms with Crippen molar-refractivity contribution in [1.29, 1.82) is 0 Å². The summed E-state index contributed by atoms with van der Waals surface area (Å²) < 4.78 is 11.0. The number of benzene rings is 3. The number of methoxy groups -OCH3 is 1. The molecule has 1 aliphatic heterocycles. The predicted octanol–water partition coefficient (Wildman–Crippen LogP) is 5.95. The van der Waals surface area contributed by atoms with Crippen LogP contribution in [0.15, 0.2) is 66.7 Å². The van der Waals surface area contributed by atoms with E-state index >= 15 is 0 Å². The summed E-state index contributed by atoms with van der Waals surface area (Å²) in [5.41, 5.74) is 4.88. The normalized spacial score (nSPS) is 13.2.